The second-order valence-corrected chi connectivity index (χ2v) is 15.8. The number of carbonyl (C=O) groups is 2. The van der Waals surface area contributed by atoms with Gasteiger partial charge in [0.05, 0.1) is 46.7 Å². The Morgan fingerprint density at radius 3 is 1.50 bits per heavy atom. The maximum atomic E-state index is 14.4. The van der Waals surface area contributed by atoms with E-state index in [1.807, 2.05) is 36.9 Å². The summed E-state index contributed by atoms with van der Waals surface area (Å²) in [4.78, 5) is 45.0. The molecule has 14 nitrogen and oxygen atoms in total. The molecule has 62 heavy (non-hydrogen) atoms. The van der Waals surface area contributed by atoms with Crippen molar-refractivity contribution < 1.29 is 33.0 Å². The van der Waals surface area contributed by atoms with Gasteiger partial charge in [-0.25, -0.2) is 28.7 Å². The van der Waals surface area contributed by atoms with Gasteiger partial charge < -0.3 is 30.9 Å². The van der Waals surface area contributed by atoms with Gasteiger partial charge in [0.2, 0.25) is 5.91 Å². The van der Waals surface area contributed by atoms with Gasteiger partial charge in [-0.05, 0) is 75.2 Å². The number of benzene rings is 4. The SMILES string of the molecule is CCN(Cc1cc2c(Nc3cccc(Cl)c3F)ncnc2cc1OC)C1(C(=O)O)CC1.CCN(Cc1cc2c(Nc3cccc(Cl)c3F)ncnc2cc1OC)C1(C(N)=O)CC1. The maximum Gasteiger partial charge on any atom is 0.324 e. The van der Waals surface area contributed by atoms with E-state index >= 15 is 0 Å². The zero-order chi connectivity index (χ0) is 44.3. The Morgan fingerprint density at radius 2 is 1.15 bits per heavy atom. The molecule has 2 saturated carbocycles. The predicted octanol–water partition coefficient (Wildman–Crippen LogP) is 8.63. The van der Waals surface area contributed by atoms with E-state index in [1.54, 1.807) is 44.6 Å². The number of amides is 1. The van der Waals surface area contributed by atoms with Crippen molar-refractivity contribution >= 4 is 79.9 Å². The standard InChI is InChI=1S/C22H23ClFN5O2.C22H22ClFN4O3/c1-3-29(22(7-8-22)21(25)30)11-13-9-14-17(10-18(13)31-2)26-12-27-20(14)28-16-6-4-5-15(23)19(16)24;1-3-28(22(7-8-22)21(29)30)11-13-9-14-17(10-18(13)31-2)25-12-26-20(14)27-16-6-4-5-15(23)19(16)24/h4-6,9-10,12H,3,7-8,11H2,1-2H3,(H2,25,30)(H,26,27,28);4-6,9-10,12H,3,7-8,11H2,1-2H3,(H,29,30)(H,25,26,27). The molecule has 324 valence electrons. The molecule has 18 heteroatoms. The van der Waals surface area contributed by atoms with E-state index in [-0.39, 0.29) is 27.3 Å². The number of nitrogens with two attached hydrogens (primary N) is 1. The van der Waals surface area contributed by atoms with Crippen molar-refractivity contribution in [1.29, 1.82) is 0 Å². The number of hydrogen-bond donors (Lipinski definition) is 4. The molecule has 0 unspecified atom stereocenters. The van der Waals surface area contributed by atoms with Crippen molar-refractivity contribution in [1.82, 2.24) is 29.7 Å². The summed E-state index contributed by atoms with van der Waals surface area (Å²) in [5, 5.41) is 17.1. The van der Waals surface area contributed by atoms with Crippen molar-refractivity contribution in [3.05, 3.63) is 106 Å². The first-order valence-electron chi connectivity index (χ1n) is 19.9. The number of likely N-dealkylation sites (N-methyl/N-ethyl adjacent to an activating group) is 2. The maximum absolute atomic E-state index is 14.4. The minimum absolute atomic E-state index is 0.00714. The Balaban J connectivity index is 0.000000186. The molecule has 0 spiro atoms. The molecule has 0 radical (unpaired) electrons. The van der Waals surface area contributed by atoms with Gasteiger partial charge in [0.25, 0.3) is 0 Å². The zero-order valence-electron chi connectivity index (χ0n) is 34.4. The minimum Gasteiger partial charge on any atom is -0.496 e. The number of primary amides is 1. The van der Waals surface area contributed by atoms with Crippen LogP contribution in [0.1, 0.15) is 50.7 Å². The van der Waals surface area contributed by atoms with Crippen LogP contribution in [0.4, 0.5) is 31.8 Å². The number of methoxy groups -OCH3 is 2. The van der Waals surface area contributed by atoms with Crippen molar-refractivity contribution in [2.45, 2.75) is 63.7 Å². The summed E-state index contributed by atoms with van der Waals surface area (Å²) < 4.78 is 39.9. The quantitative estimate of drug-likeness (QED) is 0.0726. The number of rotatable bonds is 16. The molecule has 6 aromatic rings. The molecule has 0 aliphatic heterocycles. The first-order valence-corrected chi connectivity index (χ1v) is 20.6. The Morgan fingerprint density at radius 1 is 0.726 bits per heavy atom. The number of nitrogens with zero attached hydrogens (tertiary/aromatic N) is 6. The van der Waals surface area contributed by atoms with Crippen LogP contribution in [0.15, 0.2) is 73.3 Å². The zero-order valence-corrected chi connectivity index (χ0v) is 35.9. The fourth-order valence-electron chi connectivity index (χ4n) is 7.70. The second kappa shape index (κ2) is 18.2. The highest BCUT2D eigenvalue weighted by atomic mass is 35.5. The van der Waals surface area contributed by atoms with E-state index in [1.165, 1.54) is 24.8 Å². The van der Waals surface area contributed by atoms with Crippen molar-refractivity contribution in [2.24, 2.45) is 5.73 Å². The molecular weight excluding hydrogens is 843 g/mol. The Labute approximate surface area is 366 Å². The van der Waals surface area contributed by atoms with Gasteiger partial charge in [0.1, 0.15) is 46.9 Å². The number of fused-ring (bicyclic) bond motifs is 2. The number of nitrogens with one attached hydrogen (secondary N) is 2. The lowest BCUT2D eigenvalue weighted by atomic mass is 10.1. The van der Waals surface area contributed by atoms with E-state index in [4.69, 9.17) is 38.4 Å². The van der Waals surface area contributed by atoms with Crippen LogP contribution in [0, 0.1) is 11.6 Å². The van der Waals surface area contributed by atoms with Crippen LogP contribution < -0.4 is 25.8 Å². The molecule has 4 aromatic carbocycles. The third-order valence-corrected chi connectivity index (χ3v) is 12.1. The fraction of sp³-hybridized carbons (Fsp3) is 0.318. The van der Waals surface area contributed by atoms with Crippen molar-refractivity contribution in [2.75, 3.05) is 37.9 Å². The highest BCUT2D eigenvalue weighted by molar-refractivity contribution is 6.31. The van der Waals surface area contributed by atoms with E-state index in [0.29, 0.717) is 84.0 Å². The van der Waals surface area contributed by atoms with E-state index in [2.05, 4.69) is 35.5 Å². The number of aliphatic carboxylic acids is 1. The third-order valence-electron chi connectivity index (χ3n) is 11.5. The monoisotopic (exact) mass is 887 g/mol. The molecular formula is C44H45Cl2F2N9O5. The largest absolute Gasteiger partial charge is 0.496 e. The number of aromatic nitrogens is 4. The highest BCUT2D eigenvalue weighted by Crippen LogP contribution is 2.45. The summed E-state index contributed by atoms with van der Waals surface area (Å²) in [6.45, 7) is 6.04. The molecule has 2 heterocycles. The number of carboxylic acids is 1. The van der Waals surface area contributed by atoms with Crippen LogP contribution in [0.3, 0.4) is 0 Å². The number of carbonyl (C=O) groups excluding carboxylic acids is 1. The summed E-state index contributed by atoms with van der Waals surface area (Å²) in [6.07, 6.45) is 5.52. The van der Waals surface area contributed by atoms with Gasteiger partial charge in [-0.2, -0.15) is 0 Å². The smallest absolute Gasteiger partial charge is 0.324 e. The van der Waals surface area contributed by atoms with Crippen LogP contribution in [0.5, 0.6) is 11.5 Å². The molecule has 5 N–H and O–H groups in total. The fourth-order valence-corrected chi connectivity index (χ4v) is 8.05. The molecule has 8 rings (SSSR count). The van der Waals surface area contributed by atoms with Crippen LogP contribution in [0.2, 0.25) is 10.0 Å². The molecule has 2 aromatic heterocycles. The molecule has 0 bridgehead atoms. The molecule has 0 saturated heterocycles. The van der Waals surface area contributed by atoms with Crippen molar-refractivity contribution in [3.8, 4) is 11.5 Å². The van der Waals surface area contributed by atoms with Crippen molar-refractivity contribution in [3.63, 3.8) is 0 Å². The number of halogens is 4. The first-order chi connectivity index (χ1) is 29.8. The van der Waals surface area contributed by atoms with Gasteiger partial charge in [0.15, 0.2) is 11.6 Å². The summed E-state index contributed by atoms with van der Waals surface area (Å²) in [5.41, 5.74) is 7.56. The van der Waals surface area contributed by atoms with Gasteiger partial charge in [-0.15, -0.1) is 0 Å². The van der Waals surface area contributed by atoms with E-state index in [9.17, 15) is 23.5 Å². The molecule has 1 amide bonds. The third kappa shape index (κ3) is 8.73. The Kier molecular flexibility index (Phi) is 12.9. The van der Waals surface area contributed by atoms with Crippen LogP contribution >= 0.6 is 23.2 Å². The second-order valence-electron chi connectivity index (χ2n) is 15.0. The molecule has 0 atom stereocenters. The van der Waals surface area contributed by atoms with Gasteiger partial charge in [0, 0.05) is 47.1 Å². The van der Waals surface area contributed by atoms with Crippen LogP contribution in [-0.2, 0) is 22.7 Å². The van der Waals surface area contributed by atoms with Gasteiger partial charge in [-0.3, -0.25) is 19.4 Å². The van der Waals surface area contributed by atoms with Gasteiger partial charge in [-0.1, -0.05) is 49.2 Å². The number of ether oxygens (including phenoxy) is 2. The normalized spacial score (nSPS) is 14.6. The Bertz CT molecular complexity index is 2490. The lowest BCUT2D eigenvalue weighted by Crippen LogP contribution is -2.46. The average molecular weight is 889 g/mol. The van der Waals surface area contributed by atoms with Gasteiger partial charge >= 0.3 is 5.97 Å². The molecule has 2 aliphatic carbocycles. The predicted molar refractivity (Wildman–Crippen MR) is 234 cm³/mol. The number of carboxylic acid groups (broad SMARTS) is 1. The van der Waals surface area contributed by atoms with Crippen LogP contribution in [0.25, 0.3) is 21.8 Å². The number of anilines is 4. The van der Waals surface area contributed by atoms with E-state index in [0.717, 1.165) is 24.0 Å². The van der Waals surface area contributed by atoms with E-state index < -0.39 is 28.7 Å². The lowest BCUT2D eigenvalue weighted by Gasteiger charge is -2.29. The average Bonchev–Trinajstić information content (AvgIpc) is 4.21. The summed E-state index contributed by atoms with van der Waals surface area (Å²) in [5.74, 6) is -0.146. The summed E-state index contributed by atoms with van der Waals surface area (Å²) in [6, 6.07) is 16.8. The summed E-state index contributed by atoms with van der Waals surface area (Å²) in [7, 11) is 3.15. The Hall–Kier alpha value is -5.94. The topological polar surface area (TPSA) is 181 Å². The molecule has 2 aliphatic rings. The minimum atomic E-state index is -0.826. The first kappa shape index (κ1) is 44.1. The number of hydrogen-bond acceptors (Lipinski definition) is 12. The lowest BCUT2D eigenvalue weighted by molar-refractivity contribution is -0.145. The van der Waals surface area contributed by atoms with Crippen LogP contribution in [-0.4, -0.2) is 85.1 Å². The summed E-state index contributed by atoms with van der Waals surface area (Å²) >= 11 is 11.8. The molecule has 2 fully saturated rings. The highest BCUT2D eigenvalue weighted by Gasteiger charge is 2.55.